The highest BCUT2D eigenvalue weighted by atomic mass is 19.4. The number of esters is 4. The maximum Gasteiger partial charge on any atom is 0.422 e. The molecule has 0 aromatic rings. The molecule has 0 aromatic heterocycles. The normalized spacial score (nSPS) is 33.4. The third-order valence-electron chi connectivity index (χ3n) is 4.56. The maximum absolute atomic E-state index is 12.3. The topological polar surface area (TPSA) is 114 Å². The summed E-state index contributed by atoms with van der Waals surface area (Å²) >= 11 is 0. The van der Waals surface area contributed by atoms with E-state index in [1.165, 1.54) is 0 Å². The molecule has 3 rings (SSSR count). The van der Waals surface area contributed by atoms with Crippen LogP contribution < -0.4 is 0 Å². The van der Waals surface area contributed by atoms with Crippen LogP contribution in [0.4, 0.5) is 13.2 Å². The fourth-order valence-electron chi connectivity index (χ4n) is 3.39. The first-order valence-electron chi connectivity index (χ1n) is 7.62. The fraction of sp³-hybridized carbons (Fsp3) is 0.600. The highest BCUT2D eigenvalue weighted by molar-refractivity contribution is 5.90. The van der Waals surface area contributed by atoms with Crippen LogP contribution in [0.3, 0.4) is 0 Å². The van der Waals surface area contributed by atoms with Gasteiger partial charge in [0.1, 0.15) is 29.6 Å². The van der Waals surface area contributed by atoms with Gasteiger partial charge in [-0.25, -0.2) is 9.59 Å². The molecule has 0 N–H and O–H groups in total. The van der Waals surface area contributed by atoms with Gasteiger partial charge >= 0.3 is 30.1 Å². The molecule has 0 amide bonds. The highest BCUT2D eigenvalue weighted by Gasteiger charge is 2.72. The van der Waals surface area contributed by atoms with Crippen LogP contribution in [0, 0.1) is 11.8 Å². The molecule has 3 fully saturated rings. The van der Waals surface area contributed by atoms with E-state index in [9.17, 15) is 32.3 Å². The Balaban J connectivity index is 1.62. The maximum atomic E-state index is 12.3. The van der Waals surface area contributed by atoms with Crippen molar-refractivity contribution < 1.29 is 56.0 Å². The summed E-state index contributed by atoms with van der Waals surface area (Å²) in [5.74, 6) is -6.41. The van der Waals surface area contributed by atoms with E-state index in [4.69, 9.17) is 14.2 Å². The largest absolute Gasteiger partial charge is 0.469 e. The van der Waals surface area contributed by atoms with Gasteiger partial charge in [-0.3, -0.25) is 9.59 Å². The molecular weight excluding hydrogens is 381 g/mol. The number of methoxy groups -OCH3 is 1. The number of fused-ring (bicyclic) bond motifs is 1. The van der Waals surface area contributed by atoms with Crippen molar-refractivity contribution in [3.05, 3.63) is 12.2 Å². The zero-order chi connectivity index (χ0) is 20.1. The SMILES string of the molecule is C=C(C(=O)OCC(=O)OC1C2OC(=O)C3C2OC1C3C(=O)OC)C(F)(F)F. The number of hydrogen-bond donors (Lipinski definition) is 0. The second-order valence-corrected chi connectivity index (χ2v) is 6.05. The van der Waals surface area contributed by atoms with Crippen molar-refractivity contribution in [1.82, 2.24) is 0 Å². The first kappa shape index (κ1) is 19.1. The van der Waals surface area contributed by atoms with E-state index in [1.54, 1.807) is 0 Å². The quantitative estimate of drug-likeness (QED) is 0.351. The Kier molecular flexibility index (Phi) is 4.62. The third kappa shape index (κ3) is 3.13. The van der Waals surface area contributed by atoms with Crippen molar-refractivity contribution in [2.75, 3.05) is 13.7 Å². The molecule has 9 nitrogen and oxygen atoms in total. The second kappa shape index (κ2) is 6.51. The van der Waals surface area contributed by atoms with Crippen LogP contribution in [0.1, 0.15) is 0 Å². The molecule has 3 heterocycles. The van der Waals surface area contributed by atoms with Crippen LogP contribution in [0.25, 0.3) is 0 Å². The number of ether oxygens (including phenoxy) is 5. The zero-order valence-electron chi connectivity index (χ0n) is 13.7. The van der Waals surface area contributed by atoms with Crippen molar-refractivity contribution in [2.45, 2.75) is 30.6 Å². The molecule has 2 bridgehead atoms. The fourth-order valence-corrected chi connectivity index (χ4v) is 3.39. The Morgan fingerprint density at radius 2 is 1.85 bits per heavy atom. The first-order chi connectivity index (χ1) is 12.6. The molecule has 3 saturated heterocycles. The van der Waals surface area contributed by atoms with Crippen LogP contribution in [0.5, 0.6) is 0 Å². The van der Waals surface area contributed by atoms with Crippen LogP contribution in [-0.4, -0.2) is 68.2 Å². The van der Waals surface area contributed by atoms with Gasteiger partial charge in [0.25, 0.3) is 0 Å². The van der Waals surface area contributed by atoms with Gasteiger partial charge in [0.15, 0.2) is 18.8 Å². The smallest absolute Gasteiger partial charge is 0.422 e. The Morgan fingerprint density at radius 3 is 2.44 bits per heavy atom. The van der Waals surface area contributed by atoms with Crippen molar-refractivity contribution in [3.8, 4) is 0 Å². The van der Waals surface area contributed by atoms with Gasteiger partial charge in [0, 0.05) is 0 Å². The van der Waals surface area contributed by atoms with Gasteiger partial charge in [-0.05, 0) is 0 Å². The molecule has 0 aromatic carbocycles. The van der Waals surface area contributed by atoms with Crippen molar-refractivity contribution in [3.63, 3.8) is 0 Å². The van der Waals surface area contributed by atoms with E-state index < -0.39 is 78.5 Å². The molecule has 3 aliphatic rings. The molecule has 3 aliphatic heterocycles. The minimum Gasteiger partial charge on any atom is -0.469 e. The molecule has 0 saturated carbocycles. The number of carbonyl (C=O) groups is 4. The first-order valence-corrected chi connectivity index (χ1v) is 7.62. The highest BCUT2D eigenvalue weighted by Crippen LogP contribution is 2.51. The predicted octanol–water partition coefficient (Wildman–Crippen LogP) is -0.328. The van der Waals surface area contributed by atoms with Crippen molar-refractivity contribution >= 4 is 23.9 Å². The Hall–Kier alpha value is -2.63. The summed E-state index contributed by atoms with van der Waals surface area (Å²) in [6.45, 7) is 1.41. The van der Waals surface area contributed by atoms with Gasteiger partial charge in [-0.1, -0.05) is 6.58 Å². The van der Waals surface area contributed by atoms with Gasteiger partial charge in [0.2, 0.25) is 0 Å². The van der Waals surface area contributed by atoms with Crippen LogP contribution in [0.2, 0.25) is 0 Å². The number of alkyl halides is 3. The lowest BCUT2D eigenvalue weighted by atomic mass is 9.78. The summed E-state index contributed by atoms with van der Waals surface area (Å²) in [4.78, 5) is 46.9. The third-order valence-corrected chi connectivity index (χ3v) is 4.56. The van der Waals surface area contributed by atoms with Gasteiger partial charge in [-0.2, -0.15) is 13.2 Å². The standard InChI is InChI=1S/C15H13F3O9/c1-4(15(16,17)18)12(20)24-3-5(19)25-10-8-6(13(21)23-2)7-9(26-8)11(10)27-14(7)22/h6-11H,1,3H2,2H3. The van der Waals surface area contributed by atoms with E-state index in [0.717, 1.165) is 7.11 Å². The van der Waals surface area contributed by atoms with E-state index in [1.807, 2.05) is 0 Å². The second-order valence-electron chi connectivity index (χ2n) is 6.05. The van der Waals surface area contributed by atoms with Crippen molar-refractivity contribution in [1.29, 1.82) is 0 Å². The summed E-state index contributed by atoms with van der Waals surface area (Å²) in [5, 5.41) is 0. The molecule has 148 valence electrons. The van der Waals surface area contributed by atoms with Gasteiger partial charge < -0.3 is 23.7 Å². The average molecular weight is 394 g/mol. The number of halogens is 3. The zero-order valence-corrected chi connectivity index (χ0v) is 13.7. The minimum absolute atomic E-state index is 0.700. The van der Waals surface area contributed by atoms with Crippen LogP contribution in [0.15, 0.2) is 12.2 Å². The summed E-state index contributed by atoms with van der Waals surface area (Å²) in [6, 6.07) is 0. The van der Waals surface area contributed by atoms with Gasteiger partial charge in [-0.15, -0.1) is 0 Å². The summed E-state index contributed by atoms with van der Waals surface area (Å²) in [6.07, 6.45) is -8.97. The lowest BCUT2D eigenvalue weighted by molar-refractivity contribution is -0.171. The summed E-state index contributed by atoms with van der Waals surface area (Å²) in [5.41, 5.74) is -1.78. The lowest BCUT2D eigenvalue weighted by Crippen LogP contribution is -2.48. The summed E-state index contributed by atoms with van der Waals surface area (Å²) < 4.78 is 61.4. The van der Waals surface area contributed by atoms with Crippen LogP contribution >= 0.6 is 0 Å². The molecule has 6 atom stereocenters. The molecule has 6 unspecified atom stereocenters. The number of rotatable bonds is 5. The molecule has 0 radical (unpaired) electrons. The molecule has 0 spiro atoms. The average Bonchev–Trinajstić information content (AvgIpc) is 3.21. The molecular formula is C15H13F3O9. The van der Waals surface area contributed by atoms with Gasteiger partial charge in [0.05, 0.1) is 7.11 Å². The molecule has 0 aliphatic carbocycles. The Labute approximate surface area is 149 Å². The van der Waals surface area contributed by atoms with E-state index in [2.05, 4.69) is 16.1 Å². The number of hydrogen-bond acceptors (Lipinski definition) is 9. The lowest BCUT2D eigenvalue weighted by Gasteiger charge is -2.26. The monoisotopic (exact) mass is 394 g/mol. The van der Waals surface area contributed by atoms with E-state index >= 15 is 0 Å². The summed E-state index contributed by atoms with van der Waals surface area (Å²) in [7, 11) is 1.11. The number of carbonyl (C=O) groups excluding carboxylic acids is 4. The molecule has 27 heavy (non-hydrogen) atoms. The van der Waals surface area contributed by atoms with E-state index in [0.29, 0.717) is 0 Å². The minimum atomic E-state index is -5.00. The Morgan fingerprint density at radius 1 is 1.19 bits per heavy atom. The Bertz CT molecular complexity index is 716. The predicted molar refractivity (Wildman–Crippen MR) is 73.6 cm³/mol. The molecule has 12 heteroatoms. The van der Waals surface area contributed by atoms with Crippen molar-refractivity contribution in [2.24, 2.45) is 11.8 Å². The van der Waals surface area contributed by atoms with E-state index in [-0.39, 0.29) is 0 Å². The van der Waals surface area contributed by atoms with Crippen LogP contribution in [-0.2, 0) is 42.9 Å².